The van der Waals surface area contributed by atoms with Crippen LogP contribution in [0.1, 0.15) is 38.2 Å². The molecule has 1 saturated heterocycles. The van der Waals surface area contributed by atoms with E-state index in [2.05, 4.69) is 46.7 Å². The smallest absolute Gasteiger partial charge is 0.223 e. The lowest BCUT2D eigenvalue weighted by Crippen LogP contribution is -2.47. The molecule has 1 aromatic rings. The van der Waals surface area contributed by atoms with Crippen LogP contribution in [0.2, 0.25) is 0 Å². The van der Waals surface area contributed by atoms with Crippen LogP contribution in [0.3, 0.4) is 0 Å². The minimum Gasteiger partial charge on any atom is -0.353 e. The fourth-order valence-corrected chi connectivity index (χ4v) is 3.22. The van der Waals surface area contributed by atoms with E-state index in [1.165, 1.54) is 5.56 Å². The molecule has 1 heterocycles. The Kier molecular flexibility index (Phi) is 5.16. The fourth-order valence-electron chi connectivity index (χ4n) is 2.92. The van der Waals surface area contributed by atoms with Crippen molar-refractivity contribution in [3.63, 3.8) is 0 Å². The van der Waals surface area contributed by atoms with Gasteiger partial charge in [0.1, 0.15) is 0 Å². The van der Waals surface area contributed by atoms with E-state index in [9.17, 15) is 4.79 Å². The van der Waals surface area contributed by atoms with Gasteiger partial charge in [0, 0.05) is 30.7 Å². The molecule has 1 aliphatic carbocycles. The molecule has 3 rings (SSSR count). The molecule has 1 aliphatic heterocycles. The first-order valence-electron chi connectivity index (χ1n) is 8.61. The predicted molar refractivity (Wildman–Crippen MR) is 97.5 cm³/mol. The lowest BCUT2D eigenvalue weighted by molar-refractivity contribution is -0.123. The Labute approximate surface area is 143 Å². The van der Waals surface area contributed by atoms with Gasteiger partial charge in [-0.05, 0) is 62.0 Å². The summed E-state index contributed by atoms with van der Waals surface area (Å²) in [5.41, 5.74) is 2.37. The number of hydrogen-bond donors (Lipinski definition) is 2. The highest BCUT2D eigenvalue weighted by Crippen LogP contribution is 2.29. The summed E-state index contributed by atoms with van der Waals surface area (Å²) < 4.78 is 0. The van der Waals surface area contributed by atoms with E-state index in [0.717, 1.165) is 56.0 Å². The zero-order valence-electron chi connectivity index (χ0n) is 13.7. The van der Waals surface area contributed by atoms with Crippen LogP contribution in [0.5, 0.6) is 0 Å². The highest BCUT2D eigenvalue weighted by Gasteiger charge is 2.31. The van der Waals surface area contributed by atoms with Crippen molar-refractivity contribution in [2.45, 2.75) is 45.1 Å². The molecule has 0 aromatic heterocycles. The van der Waals surface area contributed by atoms with Gasteiger partial charge in [0.05, 0.1) is 0 Å². The van der Waals surface area contributed by atoms with Crippen LogP contribution in [-0.4, -0.2) is 35.1 Å². The molecule has 124 valence electrons. The lowest BCUT2D eigenvalue weighted by Gasteiger charge is -2.34. The Bertz CT molecular complexity index is 560. The Morgan fingerprint density at radius 1 is 1.17 bits per heavy atom. The minimum atomic E-state index is 0.250. The maximum Gasteiger partial charge on any atom is 0.223 e. The summed E-state index contributed by atoms with van der Waals surface area (Å²) in [6, 6.07) is 8.72. The van der Waals surface area contributed by atoms with Crippen molar-refractivity contribution in [1.82, 2.24) is 10.2 Å². The predicted octanol–water partition coefficient (Wildman–Crippen LogP) is 2.94. The van der Waals surface area contributed by atoms with Gasteiger partial charge in [-0.3, -0.25) is 4.79 Å². The van der Waals surface area contributed by atoms with Gasteiger partial charge in [-0.25, -0.2) is 0 Å². The minimum absolute atomic E-state index is 0.250. The monoisotopic (exact) mass is 331 g/mol. The van der Waals surface area contributed by atoms with E-state index in [1.54, 1.807) is 0 Å². The SMILES string of the molecule is CCc1ccc(NC(=S)N2CCC(NC(=O)C3CC3)CC2)cc1. The number of nitrogens with zero attached hydrogens (tertiary/aromatic N) is 1. The molecule has 2 fully saturated rings. The number of nitrogens with one attached hydrogen (secondary N) is 2. The molecular weight excluding hydrogens is 306 g/mol. The quantitative estimate of drug-likeness (QED) is 0.833. The summed E-state index contributed by atoms with van der Waals surface area (Å²) in [7, 11) is 0. The number of hydrogen-bond acceptors (Lipinski definition) is 2. The third-order valence-electron chi connectivity index (χ3n) is 4.69. The van der Waals surface area contributed by atoms with E-state index in [4.69, 9.17) is 12.2 Å². The molecule has 0 spiro atoms. The topological polar surface area (TPSA) is 44.4 Å². The Balaban J connectivity index is 1.44. The van der Waals surface area contributed by atoms with Crippen LogP contribution in [0.25, 0.3) is 0 Å². The van der Waals surface area contributed by atoms with Gasteiger partial charge in [0.15, 0.2) is 5.11 Å². The standard InChI is InChI=1S/C18H25N3OS/c1-2-13-3-7-15(8-4-13)20-18(23)21-11-9-16(10-12-21)19-17(22)14-5-6-14/h3-4,7-8,14,16H,2,5-6,9-12H2,1H3,(H,19,22)(H,20,23). The normalized spacial score (nSPS) is 18.6. The molecule has 0 radical (unpaired) electrons. The van der Waals surface area contributed by atoms with Gasteiger partial charge in [-0.15, -0.1) is 0 Å². The second-order valence-electron chi connectivity index (χ2n) is 6.52. The zero-order chi connectivity index (χ0) is 16.2. The number of amides is 1. The van der Waals surface area contributed by atoms with Crippen molar-refractivity contribution < 1.29 is 4.79 Å². The largest absolute Gasteiger partial charge is 0.353 e. The summed E-state index contributed by atoms with van der Waals surface area (Å²) in [4.78, 5) is 14.0. The average Bonchev–Trinajstić information content (AvgIpc) is 3.41. The Morgan fingerprint density at radius 2 is 1.83 bits per heavy atom. The van der Waals surface area contributed by atoms with Gasteiger partial charge < -0.3 is 15.5 Å². The number of aryl methyl sites for hydroxylation is 1. The van der Waals surface area contributed by atoms with E-state index in [0.29, 0.717) is 12.0 Å². The number of anilines is 1. The van der Waals surface area contributed by atoms with Crippen LogP contribution >= 0.6 is 12.2 Å². The fraction of sp³-hybridized carbons (Fsp3) is 0.556. The van der Waals surface area contributed by atoms with Gasteiger partial charge in [-0.2, -0.15) is 0 Å². The molecule has 1 amide bonds. The summed E-state index contributed by atoms with van der Waals surface area (Å²) in [6.07, 6.45) is 5.11. The van der Waals surface area contributed by atoms with Crippen molar-refractivity contribution >= 4 is 28.9 Å². The number of likely N-dealkylation sites (tertiary alicyclic amines) is 1. The van der Waals surface area contributed by atoms with Gasteiger partial charge in [0.2, 0.25) is 5.91 Å². The number of rotatable bonds is 4. The van der Waals surface area contributed by atoms with Crippen molar-refractivity contribution in [2.24, 2.45) is 5.92 Å². The number of benzene rings is 1. The molecule has 4 nitrogen and oxygen atoms in total. The number of piperidine rings is 1. The molecule has 23 heavy (non-hydrogen) atoms. The van der Waals surface area contributed by atoms with E-state index in [1.807, 2.05) is 0 Å². The molecule has 2 N–H and O–H groups in total. The van der Waals surface area contributed by atoms with Crippen LogP contribution < -0.4 is 10.6 Å². The van der Waals surface area contributed by atoms with Gasteiger partial charge in [0.25, 0.3) is 0 Å². The summed E-state index contributed by atoms with van der Waals surface area (Å²) >= 11 is 5.52. The third kappa shape index (κ3) is 4.44. The Hall–Kier alpha value is -1.62. The molecular formula is C18H25N3OS. The summed E-state index contributed by atoms with van der Waals surface area (Å²) in [5, 5.41) is 7.27. The Morgan fingerprint density at radius 3 is 2.39 bits per heavy atom. The molecule has 1 saturated carbocycles. The summed E-state index contributed by atoms with van der Waals surface area (Å²) in [5.74, 6) is 0.544. The lowest BCUT2D eigenvalue weighted by atomic mass is 10.1. The molecule has 0 atom stereocenters. The number of carbonyl (C=O) groups is 1. The van der Waals surface area contributed by atoms with Gasteiger partial charge in [-0.1, -0.05) is 19.1 Å². The number of thiocarbonyl (C=S) groups is 1. The van der Waals surface area contributed by atoms with E-state index < -0.39 is 0 Å². The van der Waals surface area contributed by atoms with Gasteiger partial charge >= 0.3 is 0 Å². The average molecular weight is 331 g/mol. The van der Waals surface area contributed by atoms with Crippen molar-refractivity contribution in [2.75, 3.05) is 18.4 Å². The molecule has 0 bridgehead atoms. The van der Waals surface area contributed by atoms with E-state index in [-0.39, 0.29) is 5.91 Å². The molecule has 5 heteroatoms. The second-order valence-corrected chi connectivity index (χ2v) is 6.91. The highest BCUT2D eigenvalue weighted by atomic mass is 32.1. The van der Waals surface area contributed by atoms with E-state index >= 15 is 0 Å². The third-order valence-corrected chi connectivity index (χ3v) is 5.05. The first-order valence-corrected chi connectivity index (χ1v) is 9.01. The zero-order valence-corrected chi connectivity index (χ0v) is 14.5. The first kappa shape index (κ1) is 16.2. The molecule has 0 unspecified atom stereocenters. The second kappa shape index (κ2) is 7.30. The van der Waals surface area contributed by atoms with Crippen molar-refractivity contribution in [1.29, 1.82) is 0 Å². The van der Waals surface area contributed by atoms with Crippen LogP contribution in [0, 0.1) is 5.92 Å². The van der Waals surface area contributed by atoms with Crippen LogP contribution in [0.4, 0.5) is 5.69 Å². The first-order chi connectivity index (χ1) is 11.2. The van der Waals surface area contributed by atoms with Crippen molar-refractivity contribution in [3.05, 3.63) is 29.8 Å². The molecule has 1 aromatic carbocycles. The summed E-state index contributed by atoms with van der Waals surface area (Å²) in [6.45, 7) is 3.95. The maximum absolute atomic E-state index is 11.8. The number of carbonyl (C=O) groups excluding carboxylic acids is 1. The molecule has 2 aliphatic rings. The van der Waals surface area contributed by atoms with Crippen LogP contribution in [-0.2, 0) is 11.2 Å². The maximum atomic E-state index is 11.8. The highest BCUT2D eigenvalue weighted by molar-refractivity contribution is 7.80. The van der Waals surface area contributed by atoms with Crippen LogP contribution in [0.15, 0.2) is 24.3 Å². The van der Waals surface area contributed by atoms with Crippen molar-refractivity contribution in [3.8, 4) is 0 Å².